The van der Waals surface area contributed by atoms with Gasteiger partial charge >= 0.3 is 5.91 Å². The molecule has 4 aromatic rings. The smallest absolute Gasteiger partial charge is 0.302 e. The number of carbonyl (C=O) groups excluding carboxylic acids is 2. The first kappa shape index (κ1) is 20.1. The summed E-state index contributed by atoms with van der Waals surface area (Å²) in [6.45, 7) is 2.05. The van der Waals surface area contributed by atoms with Crippen molar-refractivity contribution >= 4 is 44.1 Å². The van der Waals surface area contributed by atoms with Crippen molar-refractivity contribution < 1.29 is 23.5 Å². The molecule has 1 atom stereocenters. The molecule has 8 heteroatoms. The second-order valence-corrected chi connectivity index (χ2v) is 8.35. The number of benzene rings is 2. The third-order valence-electron chi connectivity index (χ3n) is 5.43. The van der Waals surface area contributed by atoms with Gasteiger partial charge in [0.1, 0.15) is 23.4 Å². The fraction of sp³-hybridized carbons (Fsp3) is 0.125. The summed E-state index contributed by atoms with van der Waals surface area (Å²) in [5.74, 6) is -2.25. The maximum Gasteiger partial charge on any atom is 0.302 e. The van der Waals surface area contributed by atoms with Crippen LogP contribution in [0.4, 0.5) is 9.52 Å². The van der Waals surface area contributed by atoms with Crippen molar-refractivity contribution in [2.24, 2.45) is 0 Å². The Morgan fingerprint density at radius 3 is 2.66 bits per heavy atom. The van der Waals surface area contributed by atoms with Crippen LogP contribution in [0.3, 0.4) is 0 Å². The normalized spacial score (nSPS) is 18.1. The van der Waals surface area contributed by atoms with E-state index in [2.05, 4.69) is 4.98 Å². The number of aromatic nitrogens is 1. The zero-order valence-corrected chi connectivity index (χ0v) is 17.7. The SMILES string of the molecule is CCc1ccc2nc(N3C(=O)C(=O)/C(=C(/O)c4ccc(F)cc4)[C@H]3c3ccco3)sc2c1. The van der Waals surface area contributed by atoms with Gasteiger partial charge in [0.2, 0.25) is 0 Å². The minimum absolute atomic E-state index is 0.134. The quantitative estimate of drug-likeness (QED) is 0.263. The third kappa shape index (κ3) is 3.20. The van der Waals surface area contributed by atoms with Gasteiger partial charge in [-0.05, 0) is 60.5 Å². The van der Waals surface area contributed by atoms with Gasteiger partial charge in [0.15, 0.2) is 5.13 Å². The van der Waals surface area contributed by atoms with Crippen molar-refractivity contribution in [3.63, 3.8) is 0 Å². The van der Waals surface area contributed by atoms with Crippen LogP contribution in [0.15, 0.2) is 70.9 Å². The lowest BCUT2D eigenvalue weighted by atomic mass is 9.99. The zero-order chi connectivity index (χ0) is 22.4. The number of hydrogen-bond donors (Lipinski definition) is 1. The molecule has 32 heavy (non-hydrogen) atoms. The highest BCUT2D eigenvalue weighted by Crippen LogP contribution is 2.44. The van der Waals surface area contributed by atoms with Gasteiger partial charge < -0.3 is 9.52 Å². The summed E-state index contributed by atoms with van der Waals surface area (Å²) in [7, 11) is 0. The van der Waals surface area contributed by atoms with Crippen molar-refractivity contribution in [2.45, 2.75) is 19.4 Å². The van der Waals surface area contributed by atoms with E-state index in [-0.39, 0.29) is 11.1 Å². The summed E-state index contributed by atoms with van der Waals surface area (Å²) in [6.07, 6.45) is 2.29. The van der Waals surface area contributed by atoms with E-state index in [0.717, 1.165) is 16.7 Å². The van der Waals surface area contributed by atoms with Crippen LogP contribution < -0.4 is 4.90 Å². The predicted octanol–water partition coefficient (Wildman–Crippen LogP) is 5.22. The molecule has 1 amide bonds. The van der Waals surface area contributed by atoms with E-state index < -0.39 is 29.3 Å². The number of hydrogen-bond acceptors (Lipinski definition) is 6. The molecule has 0 unspecified atom stereocenters. The monoisotopic (exact) mass is 448 g/mol. The van der Waals surface area contributed by atoms with Crippen LogP contribution in [-0.2, 0) is 16.0 Å². The van der Waals surface area contributed by atoms with Crippen molar-refractivity contribution in [1.82, 2.24) is 4.98 Å². The summed E-state index contributed by atoms with van der Waals surface area (Å²) in [5, 5.41) is 11.3. The molecule has 1 aliphatic heterocycles. The molecule has 0 radical (unpaired) electrons. The number of Topliss-reactive ketones (excluding diaryl/α,β-unsaturated/α-hetero) is 1. The van der Waals surface area contributed by atoms with E-state index in [4.69, 9.17) is 4.42 Å². The Morgan fingerprint density at radius 2 is 1.97 bits per heavy atom. The molecular formula is C24H17FN2O4S. The number of ketones is 1. The number of furan rings is 1. The van der Waals surface area contributed by atoms with Crippen molar-refractivity contribution in [3.8, 4) is 0 Å². The number of anilines is 1. The van der Waals surface area contributed by atoms with E-state index in [0.29, 0.717) is 16.4 Å². The van der Waals surface area contributed by atoms with E-state index in [1.807, 2.05) is 25.1 Å². The minimum atomic E-state index is -0.999. The molecule has 160 valence electrons. The highest BCUT2D eigenvalue weighted by Gasteiger charge is 2.49. The van der Waals surface area contributed by atoms with Crippen LogP contribution in [-0.4, -0.2) is 21.8 Å². The molecule has 1 fully saturated rings. The summed E-state index contributed by atoms with van der Waals surface area (Å²) < 4.78 is 19.8. The van der Waals surface area contributed by atoms with E-state index >= 15 is 0 Å². The molecule has 1 aliphatic rings. The number of carbonyl (C=O) groups is 2. The summed E-state index contributed by atoms with van der Waals surface area (Å²) in [4.78, 5) is 32.0. The number of halogens is 1. The van der Waals surface area contributed by atoms with Crippen molar-refractivity contribution in [1.29, 1.82) is 0 Å². The summed E-state index contributed by atoms with van der Waals surface area (Å²) in [5.41, 5.74) is 1.93. The lowest BCUT2D eigenvalue weighted by Gasteiger charge is -2.20. The van der Waals surface area contributed by atoms with E-state index in [9.17, 15) is 19.1 Å². The number of rotatable bonds is 4. The Bertz CT molecular complexity index is 1370. The lowest BCUT2D eigenvalue weighted by Crippen LogP contribution is -2.29. The first-order chi connectivity index (χ1) is 15.5. The third-order valence-corrected chi connectivity index (χ3v) is 6.45. The molecule has 5 rings (SSSR count). The van der Waals surface area contributed by atoms with Crippen LogP contribution in [0, 0.1) is 5.82 Å². The van der Waals surface area contributed by atoms with Gasteiger partial charge in [0.05, 0.1) is 22.1 Å². The minimum Gasteiger partial charge on any atom is -0.507 e. The Labute approximate surface area is 186 Å². The second kappa shape index (κ2) is 7.72. The average Bonchev–Trinajstić information content (AvgIpc) is 3.52. The topological polar surface area (TPSA) is 83.6 Å². The van der Waals surface area contributed by atoms with Gasteiger partial charge in [-0.3, -0.25) is 14.5 Å². The Balaban J connectivity index is 1.69. The first-order valence-electron chi connectivity index (χ1n) is 9.97. The van der Waals surface area contributed by atoms with E-state index in [1.54, 1.807) is 12.1 Å². The van der Waals surface area contributed by atoms with Gasteiger partial charge in [-0.25, -0.2) is 9.37 Å². The largest absolute Gasteiger partial charge is 0.507 e. The maximum atomic E-state index is 13.4. The zero-order valence-electron chi connectivity index (χ0n) is 16.9. The molecule has 2 aromatic carbocycles. The number of aliphatic hydroxyl groups is 1. The molecule has 0 bridgehead atoms. The Morgan fingerprint density at radius 1 is 1.19 bits per heavy atom. The van der Waals surface area contributed by atoms with Crippen LogP contribution in [0.25, 0.3) is 16.0 Å². The molecule has 0 aliphatic carbocycles. The number of fused-ring (bicyclic) bond motifs is 1. The molecule has 6 nitrogen and oxygen atoms in total. The number of amides is 1. The maximum absolute atomic E-state index is 13.4. The molecule has 0 spiro atoms. The van der Waals surface area contributed by atoms with Crippen LogP contribution in [0.5, 0.6) is 0 Å². The highest BCUT2D eigenvalue weighted by atomic mass is 32.1. The number of nitrogens with zero attached hydrogens (tertiary/aromatic N) is 2. The summed E-state index contributed by atoms with van der Waals surface area (Å²) in [6, 6.07) is 13.2. The van der Waals surface area contributed by atoms with Gasteiger partial charge in [-0.1, -0.05) is 24.3 Å². The molecular weight excluding hydrogens is 431 g/mol. The van der Waals surface area contributed by atoms with Gasteiger partial charge in [-0.2, -0.15) is 0 Å². The Hall–Kier alpha value is -3.78. The summed E-state index contributed by atoms with van der Waals surface area (Å²) >= 11 is 1.29. The molecule has 1 N–H and O–H groups in total. The molecule has 2 aromatic heterocycles. The van der Waals surface area contributed by atoms with Crippen molar-refractivity contribution in [3.05, 3.63) is 89.1 Å². The van der Waals surface area contributed by atoms with Crippen LogP contribution >= 0.6 is 11.3 Å². The fourth-order valence-corrected chi connectivity index (χ4v) is 4.84. The second-order valence-electron chi connectivity index (χ2n) is 7.34. The molecule has 1 saturated heterocycles. The number of aryl methyl sites for hydroxylation is 1. The van der Waals surface area contributed by atoms with Gasteiger partial charge in [0, 0.05) is 5.56 Å². The van der Waals surface area contributed by atoms with Crippen molar-refractivity contribution in [2.75, 3.05) is 4.90 Å². The lowest BCUT2D eigenvalue weighted by molar-refractivity contribution is -0.132. The number of aliphatic hydroxyl groups excluding tert-OH is 1. The standard InChI is InChI=1S/C24H17FN2O4S/c1-2-13-5-10-16-18(12-13)32-24(26-16)27-20(17-4-3-11-31-17)19(22(29)23(27)30)21(28)14-6-8-15(25)9-7-14/h3-12,20,28H,2H2,1H3/b21-19+/t20-/m1/s1. The first-order valence-corrected chi connectivity index (χ1v) is 10.8. The average molecular weight is 448 g/mol. The van der Waals surface area contributed by atoms with E-state index in [1.165, 1.54) is 46.8 Å². The Kier molecular flexibility index (Phi) is 4.86. The van der Waals surface area contributed by atoms with Gasteiger partial charge in [0.25, 0.3) is 5.78 Å². The number of thiazole rings is 1. The fourth-order valence-electron chi connectivity index (χ4n) is 3.79. The predicted molar refractivity (Wildman–Crippen MR) is 119 cm³/mol. The van der Waals surface area contributed by atoms with Gasteiger partial charge in [-0.15, -0.1) is 0 Å². The molecule has 0 saturated carbocycles. The van der Waals surface area contributed by atoms with Crippen LogP contribution in [0.2, 0.25) is 0 Å². The van der Waals surface area contributed by atoms with Crippen LogP contribution in [0.1, 0.15) is 29.9 Å². The highest BCUT2D eigenvalue weighted by molar-refractivity contribution is 7.22. The molecule has 3 heterocycles.